The third-order valence-corrected chi connectivity index (χ3v) is 9.55. The third kappa shape index (κ3) is 2.60. The molecule has 110 valence electrons. The maximum atomic E-state index is 4.96. The van der Waals surface area contributed by atoms with Gasteiger partial charge in [0.2, 0.25) is 0 Å². The van der Waals surface area contributed by atoms with Gasteiger partial charge in [0.15, 0.2) is 0 Å². The van der Waals surface area contributed by atoms with Gasteiger partial charge in [-0.2, -0.15) is 0 Å². The van der Waals surface area contributed by atoms with Gasteiger partial charge in [0, 0.05) is 0 Å². The molecule has 0 aromatic heterocycles. The van der Waals surface area contributed by atoms with Gasteiger partial charge in [0.05, 0.1) is 0 Å². The quantitative estimate of drug-likeness (QED) is 0.538. The van der Waals surface area contributed by atoms with Crippen LogP contribution in [0.3, 0.4) is 0 Å². The zero-order chi connectivity index (χ0) is 15.4. The molecule has 0 bridgehead atoms. The topological polar surface area (TPSA) is 0 Å². The van der Waals surface area contributed by atoms with Gasteiger partial charge in [-0.1, -0.05) is 54.6 Å². The van der Waals surface area contributed by atoms with Crippen LogP contribution in [0, 0.1) is 0 Å². The Morgan fingerprint density at radius 2 is 0.864 bits per heavy atom. The Kier molecular flexibility index (Phi) is 4.66. The highest BCUT2D eigenvalue weighted by Gasteiger charge is 2.48. The molecule has 0 nitrogen and oxygen atoms in total. The van der Waals surface area contributed by atoms with Crippen molar-refractivity contribution >= 4 is 35.8 Å². The van der Waals surface area contributed by atoms with Gasteiger partial charge in [-0.3, -0.25) is 0 Å². The maximum Gasteiger partial charge on any atom is 0.124 e. The van der Waals surface area contributed by atoms with Crippen molar-refractivity contribution in [1.82, 2.24) is 0 Å². The molecule has 0 saturated heterocycles. The van der Waals surface area contributed by atoms with Crippen LogP contribution in [0.4, 0.5) is 0 Å². The molecule has 1 atom stereocenters. The molecule has 3 aromatic carbocycles. The predicted octanol–water partition coefficient (Wildman–Crippen LogP) is 4.26. The Labute approximate surface area is 139 Å². The first-order valence-corrected chi connectivity index (χ1v) is 9.87. The molecule has 0 amide bonds. The van der Waals surface area contributed by atoms with Crippen molar-refractivity contribution in [2.24, 2.45) is 0 Å². The van der Waals surface area contributed by atoms with E-state index in [-0.39, 0.29) is 4.99 Å². The molecule has 0 heterocycles. The summed E-state index contributed by atoms with van der Waals surface area (Å²) in [5, 5.41) is 4.15. The standard InChI is InChI=1S/C20H19PS/c1-17(22)21(18-11-5-2-6-12-18,19-13-7-3-8-14-19)20-15-9-4-10-16-20/h2-17H,1H3/p+1. The fourth-order valence-electron chi connectivity index (χ4n) is 3.08. The van der Waals surface area contributed by atoms with Gasteiger partial charge >= 0.3 is 0 Å². The van der Waals surface area contributed by atoms with E-state index in [0.29, 0.717) is 0 Å². The molecule has 22 heavy (non-hydrogen) atoms. The second-order valence-electron chi connectivity index (χ2n) is 5.36. The Morgan fingerprint density at radius 3 is 1.09 bits per heavy atom. The lowest BCUT2D eigenvalue weighted by molar-refractivity contribution is 1.40. The highest BCUT2D eigenvalue weighted by Crippen LogP contribution is 2.60. The predicted molar refractivity (Wildman–Crippen MR) is 104 cm³/mol. The van der Waals surface area contributed by atoms with E-state index in [1.807, 2.05) is 0 Å². The summed E-state index contributed by atoms with van der Waals surface area (Å²) >= 11 is 4.96. The first kappa shape index (κ1) is 15.3. The minimum absolute atomic E-state index is 0.250. The van der Waals surface area contributed by atoms with Crippen LogP contribution in [0.1, 0.15) is 6.92 Å². The summed E-state index contributed by atoms with van der Waals surface area (Å²) in [5.74, 6) is 0. The average molecular weight is 323 g/mol. The van der Waals surface area contributed by atoms with Crippen molar-refractivity contribution in [3.05, 3.63) is 91.0 Å². The van der Waals surface area contributed by atoms with Gasteiger partial charge in [-0.25, -0.2) is 0 Å². The van der Waals surface area contributed by atoms with Crippen molar-refractivity contribution in [2.45, 2.75) is 11.9 Å². The van der Waals surface area contributed by atoms with Crippen LogP contribution >= 0.6 is 19.9 Å². The first-order valence-electron chi connectivity index (χ1n) is 7.50. The molecule has 0 spiro atoms. The van der Waals surface area contributed by atoms with Crippen molar-refractivity contribution < 1.29 is 0 Å². The minimum Gasteiger partial charge on any atom is -0.135 e. The molecule has 0 N–H and O–H groups in total. The lowest BCUT2D eigenvalue weighted by Gasteiger charge is -2.30. The number of hydrogen-bond acceptors (Lipinski definition) is 1. The van der Waals surface area contributed by atoms with Crippen LogP contribution in [0.15, 0.2) is 91.0 Å². The second-order valence-corrected chi connectivity index (χ2v) is 10.3. The highest BCUT2D eigenvalue weighted by molar-refractivity contribution is 8.06. The molecular formula is C20H20PS+. The van der Waals surface area contributed by atoms with Gasteiger partial charge in [0.25, 0.3) is 0 Å². The number of thiol groups is 1. The van der Waals surface area contributed by atoms with Crippen LogP contribution in [0.25, 0.3) is 0 Å². The molecule has 3 aromatic rings. The summed E-state index contributed by atoms with van der Waals surface area (Å²) in [6.45, 7) is 2.23. The molecule has 1 unspecified atom stereocenters. The van der Waals surface area contributed by atoms with Crippen LogP contribution in [0.2, 0.25) is 0 Å². The van der Waals surface area contributed by atoms with E-state index in [9.17, 15) is 0 Å². The highest BCUT2D eigenvalue weighted by atomic mass is 32.1. The number of rotatable bonds is 4. The summed E-state index contributed by atoms with van der Waals surface area (Å²) < 4.78 is 0. The molecular weight excluding hydrogens is 303 g/mol. The largest absolute Gasteiger partial charge is 0.135 e. The zero-order valence-corrected chi connectivity index (χ0v) is 14.4. The van der Waals surface area contributed by atoms with E-state index in [0.717, 1.165) is 0 Å². The van der Waals surface area contributed by atoms with E-state index >= 15 is 0 Å². The Hall–Kier alpha value is -1.56. The van der Waals surface area contributed by atoms with Crippen LogP contribution in [-0.4, -0.2) is 4.99 Å². The van der Waals surface area contributed by atoms with Crippen LogP contribution < -0.4 is 15.9 Å². The van der Waals surface area contributed by atoms with Crippen molar-refractivity contribution in [3.63, 3.8) is 0 Å². The average Bonchev–Trinajstić information content (AvgIpc) is 2.58. The summed E-state index contributed by atoms with van der Waals surface area (Å²) in [5.41, 5.74) is 0. The lowest BCUT2D eigenvalue weighted by Crippen LogP contribution is -2.35. The van der Waals surface area contributed by atoms with Crippen LogP contribution in [0.5, 0.6) is 0 Å². The van der Waals surface area contributed by atoms with Crippen molar-refractivity contribution in [1.29, 1.82) is 0 Å². The summed E-state index contributed by atoms with van der Waals surface area (Å²) in [6.07, 6.45) is 0. The van der Waals surface area contributed by atoms with Gasteiger partial charge in [-0.05, 0) is 43.3 Å². The Morgan fingerprint density at radius 1 is 0.591 bits per heavy atom. The fourth-order valence-corrected chi connectivity index (χ4v) is 8.40. The molecule has 0 aliphatic heterocycles. The van der Waals surface area contributed by atoms with Crippen molar-refractivity contribution in [3.8, 4) is 0 Å². The maximum absolute atomic E-state index is 4.96. The van der Waals surface area contributed by atoms with E-state index in [1.54, 1.807) is 0 Å². The van der Waals surface area contributed by atoms with E-state index < -0.39 is 7.26 Å². The zero-order valence-electron chi connectivity index (χ0n) is 12.6. The lowest BCUT2D eigenvalue weighted by atomic mass is 10.4. The third-order valence-electron chi connectivity index (χ3n) is 4.05. The molecule has 3 rings (SSSR count). The molecule has 0 saturated carbocycles. The number of benzene rings is 3. The molecule has 2 heteroatoms. The van der Waals surface area contributed by atoms with Crippen molar-refractivity contribution in [2.75, 3.05) is 0 Å². The minimum atomic E-state index is -1.76. The second kappa shape index (κ2) is 6.69. The van der Waals surface area contributed by atoms with Crippen LogP contribution in [-0.2, 0) is 0 Å². The molecule has 0 radical (unpaired) electrons. The SMILES string of the molecule is CC(S)[P+](c1ccccc1)(c1ccccc1)c1ccccc1. The molecule has 0 aliphatic carbocycles. The van der Waals surface area contributed by atoms with E-state index in [1.165, 1.54) is 15.9 Å². The van der Waals surface area contributed by atoms with E-state index in [2.05, 4.69) is 97.9 Å². The molecule has 0 aliphatic rings. The Bertz CT molecular complexity index is 612. The smallest absolute Gasteiger partial charge is 0.124 e. The van der Waals surface area contributed by atoms with E-state index in [4.69, 9.17) is 12.6 Å². The summed E-state index contributed by atoms with van der Waals surface area (Å²) in [7, 11) is -1.76. The molecule has 0 fully saturated rings. The summed E-state index contributed by atoms with van der Waals surface area (Å²) in [6, 6.07) is 32.5. The fraction of sp³-hybridized carbons (Fsp3) is 0.100. The Balaban J connectivity index is 2.34. The number of hydrogen-bond donors (Lipinski definition) is 1. The van der Waals surface area contributed by atoms with Gasteiger partial charge < -0.3 is 0 Å². The van der Waals surface area contributed by atoms with Gasteiger partial charge in [0.1, 0.15) is 28.2 Å². The van der Waals surface area contributed by atoms with Gasteiger partial charge in [-0.15, -0.1) is 12.6 Å². The normalized spacial score (nSPS) is 12.8. The monoisotopic (exact) mass is 323 g/mol. The summed E-state index contributed by atoms with van der Waals surface area (Å²) in [4.78, 5) is 0.250. The first-order chi connectivity index (χ1) is 10.8.